The highest BCUT2D eigenvalue weighted by molar-refractivity contribution is 6.23. The molecule has 268 valence electrons. The van der Waals surface area contributed by atoms with Crippen LogP contribution in [-0.2, 0) is 0 Å². The number of nitrogens with zero attached hydrogens (tertiary/aromatic N) is 5. The van der Waals surface area contributed by atoms with Crippen LogP contribution in [0.1, 0.15) is 11.0 Å². The maximum atomic E-state index is 9.09. The Morgan fingerprint density at radius 2 is 0.877 bits per heavy atom. The van der Waals surface area contributed by atoms with Crippen molar-refractivity contribution < 1.29 is 5.48 Å². The van der Waals surface area contributed by atoms with Crippen LogP contribution in [0.3, 0.4) is 0 Å². The number of rotatable bonds is 6. The van der Waals surface area contributed by atoms with Crippen LogP contribution in [0.25, 0.3) is 100 Å². The van der Waals surface area contributed by atoms with Crippen LogP contribution in [0.2, 0.25) is 0 Å². The van der Waals surface area contributed by atoms with Crippen molar-refractivity contribution in [3.63, 3.8) is 0 Å². The molecule has 3 heterocycles. The van der Waals surface area contributed by atoms with Crippen molar-refractivity contribution in [2.24, 2.45) is 0 Å². The van der Waals surface area contributed by atoms with Gasteiger partial charge in [-0.1, -0.05) is 175 Å². The molecule has 0 spiro atoms. The summed E-state index contributed by atoms with van der Waals surface area (Å²) >= 11 is 0. The van der Waals surface area contributed by atoms with E-state index >= 15 is 0 Å². The summed E-state index contributed by atoms with van der Waals surface area (Å²) in [5.74, 6) is 0.683. The first-order valence-corrected chi connectivity index (χ1v) is 19.0. The van der Waals surface area contributed by atoms with Gasteiger partial charge in [0.25, 0.3) is 0 Å². The second-order valence-corrected chi connectivity index (χ2v) is 14.2. The Labute approximate surface area is 335 Å². The Morgan fingerprint density at radius 1 is 0.386 bits per heavy atom. The minimum Gasteiger partial charge on any atom is -0.307 e. The van der Waals surface area contributed by atoms with Gasteiger partial charge in [0.15, 0.2) is 11.6 Å². The first-order chi connectivity index (χ1) is 29.9. The third kappa shape index (κ3) is 5.51. The zero-order valence-corrected chi connectivity index (χ0v) is 30.9. The standard InChI is InChI=1S/C52H35N5/c1-34-23-25-38(26-24-34)50-53-51(39-29-27-37(28-30-39)35-13-4-2-5-14-35)55-52(54-50)57-47-22-11-9-20-43(47)45-32-31-44-42-19-8-10-21-46(42)56(48(44)49(45)57)41-18-12-17-40(33-41)36-15-6-3-7-16-36/h2-33H,1H3/i23D,24D,25D,26D. The molecule has 0 N–H and O–H groups in total. The molecule has 11 aromatic rings. The van der Waals surface area contributed by atoms with Gasteiger partial charge in [-0.2, -0.15) is 9.97 Å². The maximum Gasteiger partial charge on any atom is 0.238 e. The summed E-state index contributed by atoms with van der Waals surface area (Å²) in [6.07, 6.45) is 0. The summed E-state index contributed by atoms with van der Waals surface area (Å²) in [4.78, 5) is 15.3. The van der Waals surface area contributed by atoms with Crippen molar-refractivity contribution in [3.8, 4) is 56.7 Å². The minimum absolute atomic E-state index is 0.0177. The SMILES string of the molecule is [2H]c1c([2H])c(-c2nc(-c3ccc(-c4ccccc4)cc3)nc(-n3c4ccccc4c4ccc5c6ccccc6n(-c6cccc(-c7ccccc7)c6)c5c43)n2)c([2H])c([2H])c1C. The number of para-hydroxylation sites is 2. The van der Waals surface area contributed by atoms with Crippen LogP contribution in [0.15, 0.2) is 194 Å². The third-order valence-corrected chi connectivity index (χ3v) is 10.7. The van der Waals surface area contributed by atoms with E-state index in [9.17, 15) is 0 Å². The first-order valence-electron chi connectivity index (χ1n) is 21.0. The van der Waals surface area contributed by atoms with Gasteiger partial charge < -0.3 is 4.57 Å². The Balaban J connectivity index is 1.25. The molecule has 3 aromatic heterocycles. The molecule has 5 nitrogen and oxygen atoms in total. The lowest BCUT2D eigenvalue weighted by molar-refractivity contribution is 0.953. The van der Waals surface area contributed by atoms with E-state index in [-0.39, 0.29) is 47.1 Å². The van der Waals surface area contributed by atoms with E-state index in [1.54, 1.807) is 6.92 Å². The molecule has 0 radical (unpaired) electrons. The highest BCUT2D eigenvalue weighted by atomic mass is 15.2. The van der Waals surface area contributed by atoms with Gasteiger partial charge in [0.05, 0.1) is 27.5 Å². The Morgan fingerprint density at radius 3 is 1.53 bits per heavy atom. The van der Waals surface area contributed by atoms with Crippen LogP contribution < -0.4 is 0 Å². The molecule has 57 heavy (non-hydrogen) atoms. The van der Waals surface area contributed by atoms with Gasteiger partial charge in [0.1, 0.15) is 0 Å². The summed E-state index contributed by atoms with van der Waals surface area (Å²) in [5, 5.41) is 4.16. The smallest absolute Gasteiger partial charge is 0.238 e. The second kappa shape index (κ2) is 13.3. The van der Waals surface area contributed by atoms with E-state index in [0.29, 0.717) is 11.4 Å². The lowest BCUT2D eigenvalue weighted by Crippen LogP contribution is -2.07. The van der Waals surface area contributed by atoms with Gasteiger partial charge in [-0.15, -0.1) is 0 Å². The van der Waals surface area contributed by atoms with Crippen molar-refractivity contribution in [3.05, 3.63) is 200 Å². The Hall–Kier alpha value is -7.63. The quantitative estimate of drug-likeness (QED) is 0.171. The molecular weight excluding hydrogens is 695 g/mol. The van der Waals surface area contributed by atoms with E-state index in [1.165, 1.54) is 0 Å². The van der Waals surface area contributed by atoms with Gasteiger partial charge in [-0.05, 0) is 53.4 Å². The predicted molar refractivity (Wildman–Crippen MR) is 235 cm³/mol. The lowest BCUT2D eigenvalue weighted by atomic mass is 10.0. The zero-order chi connectivity index (χ0) is 41.4. The van der Waals surface area contributed by atoms with E-state index in [1.807, 2.05) is 60.7 Å². The summed E-state index contributed by atoms with van der Waals surface area (Å²) < 4.78 is 40.1. The van der Waals surface area contributed by atoms with Crippen molar-refractivity contribution in [1.82, 2.24) is 24.1 Å². The monoisotopic (exact) mass is 733 g/mol. The maximum absolute atomic E-state index is 9.09. The number of hydrogen-bond acceptors (Lipinski definition) is 3. The summed E-state index contributed by atoms with van der Waals surface area (Å²) in [7, 11) is 0. The van der Waals surface area contributed by atoms with Crippen molar-refractivity contribution in [2.75, 3.05) is 0 Å². The molecule has 0 bridgehead atoms. The average molecular weight is 734 g/mol. The van der Waals surface area contributed by atoms with Crippen molar-refractivity contribution in [2.45, 2.75) is 6.92 Å². The molecule has 5 heteroatoms. The topological polar surface area (TPSA) is 48.5 Å². The molecule has 11 rings (SSSR count). The number of fused-ring (bicyclic) bond motifs is 7. The molecule has 0 fully saturated rings. The van der Waals surface area contributed by atoms with Gasteiger partial charge in [0, 0.05) is 38.4 Å². The molecule has 0 saturated carbocycles. The molecule has 0 unspecified atom stereocenters. The van der Waals surface area contributed by atoms with Crippen LogP contribution in [-0.4, -0.2) is 24.1 Å². The minimum atomic E-state index is -0.205. The van der Waals surface area contributed by atoms with E-state index < -0.39 is 0 Å². The second-order valence-electron chi connectivity index (χ2n) is 14.2. The fraction of sp³-hybridized carbons (Fsp3) is 0.0192. The zero-order valence-electron chi connectivity index (χ0n) is 34.9. The third-order valence-electron chi connectivity index (χ3n) is 10.7. The van der Waals surface area contributed by atoms with Crippen LogP contribution >= 0.6 is 0 Å². The van der Waals surface area contributed by atoms with E-state index in [2.05, 4.69) is 118 Å². The Kier molecular flexibility index (Phi) is 6.71. The summed E-state index contributed by atoms with van der Waals surface area (Å²) in [6.45, 7) is 1.60. The molecular formula is C52H35N5. The molecule has 0 saturated heterocycles. The predicted octanol–water partition coefficient (Wildman–Crippen LogP) is 13.0. The summed E-state index contributed by atoms with van der Waals surface area (Å²) in [6, 6.07) is 57.5. The lowest BCUT2D eigenvalue weighted by Gasteiger charge is -2.14. The fourth-order valence-corrected chi connectivity index (χ4v) is 8.07. The summed E-state index contributed by atoms with van der Waals surface area (Å²) in [5.41, 5.74) is 10.1. The van der Waals surface area contributed by atoms with Gasteiger partial charge >= 0.3 is 0 Å². The number of aromatic nitrogens is 5. The van der Waals surface area contributed by atoms with Crippen molar-refractivity contribution >= 4 is 43.6 Å². The van der Waals surface area contributed by atoms with Crippen LogP contribution in [0.4, 0.5) is 0 Å². The number of benzene rings is 8. The van der Waals surface area contributed by atoms with E-state index in [4.69, 9.17) is 20.4 Å². The molecule has 0 amide bonds. The average Bonchev–Trinajstić information content (AvgIpc) is 3.84. The molecule has 0 aliphatic rings. The van der Waals surface area contributed by atoms with Gasteiger partial charge in [-0.3, -0.25) is 4.57 Å². The fourth-order valence-electron chi connectivity index (χ4n) is 8.07. The molecule has 0 atom stereocenters. The van der Waals surface area contributed by atoms with E-state index in [0.717, 1.165) is 71.6 Å². The largest absolute Gasteiger partial charge is 0.307 e. The van der Waals surface area contributed by atoms with Crippen LogP contribution in [0, 0.1) is 6.92 Å². The van der Waals surface area contributed by atoms with Crippen molar-refractivity contribution in [1.29, 1.82) is 0 Å². The van der Waals surface area contributed by atoms with Gasteiger partial charge in [-0.25, -0.2) is 4.98 Å². The number of hydrogen-bond donors (Lipinski definition) is 0. The van der Waals surface area contributed by atoms with Gasteiger partial charge in [0.2, 0.25) is 5.95 Å². The highest BCUT2D eigenvalue weighted by Crippen LogP contribution is 2.42. The Bertz CT molecular complexity index is 3490. The first kappa shape index (κ1) is 28.8. The normalized spacial score (nSPS) is 12.6. The highest BCUT2D eigenvalue weighted by Gasteiger charge is 2.23. The van der Waals surface area contributed by atoms with Crippen LogP contribution in [0.5, 0.6) is 0 Å². The molecule has 0 aliphatic heterocycles. The molecule has 8 aromatic carbocycles. The molecule has 0 aliphatic carbocycles.